The Morgan fingerprint density at radius 2 is 2.19 bits per heavy atom. The van der Waals surface area contributed by atoms with Crippen LogP contribution >= 0.6 is 0 Å². The van der Waals surface area contributed by atoms with Crippen LogP contribution in [-0.2, 0) is 5.41 Å². The van der Waals surface area contributed by atoms with E-state index in [2.05, 4.69) is 11.9 Å². The molecule has 3 nitrogen and oxygen atoms in total. The molecule has 1 saturated carbocycles. The summed E-state index contributed by atoms with van der Waals surface area (Å²) in [5.74, 6) is 0. The third-order valence-electron chi connectivity index (χ3n) is 3.49. The Hall–Kier alpha value is -1.64. The first kappa shape index (κ1) is 9.58. The maximum Gasteiger partial charge on any atom is 0.168 e. The van der Waals surface area contributed by atoms with Gasteiger partial charge in [-0.3, -0.25) is 9.20 Å². The van der Waals surface area contributed by atoms with Crippen LogP contribution in [-0.4, -0.2) is 15.7 Å². The van der Waals surface area contributed by atoms with Crippen LogP contribution in [0.2, 0.25) is 0 Å². The van der Waals surface area contributed by atoms with E-state index in [1.807, 2.05) is 29.7 Å². The fourth-order valence-electron chi connectivity index (χ4n) is 2.15. The molecule has 2 aromatic rings. The van der Waals surface area contributed by atoms with Crippen molar-refractivity contribution in [2.75, 3.05) is 0 Å². The zero-order valence-corrected chi connectivity index (χ0v) is 9.53. The van der Waals surface area contributed by atoms with Gasteiger partial charge in [-0.15, -0.1) is 0 Å². The molecule has 16 heavy (non-hydrogen) atoms. The number of imidazole rings is 1. The summed E-state index contributed by atoms with van der Waals surface area (Å²) in [5.41, 5.74) is 3.83. The van der Waals surface area contributed by atoms with Crippen molar-refractivity contribution in [3.63, 3.8) is 0 Å². The molecule has 1 aliphatic carbocycles. The van der Waals surface area contributed by atoms with E-state index in [4.69, 9.17) is 0 Å². The van der Waals surface area contributed by atoms with Gasteiger partial charge in [0.1, 0.15) is 11.3 Å². The van der Waals surface area contributed by atoms with E-state index in [-0.39, 0.29) is 5.41 Å². The van der Waals surface area contributed by atoms with Crippen molar-refractivity contribution in [2.45, 2.75) is 32.1 Å². The summed E-state index contributed by atoms with van der Waals surface area (Å²) in [4.78, 5) is 15.8. The summed E-state index contributed by atoms with van der Waals surface area (Å²) in [6, 6.07) is 3.99. The number of carbonyl (C=O) groups is 1. The molecule has 0 radical (unpaired) electrons. The fourth-order valence-corrected chi connectivity index (χ4v) is 2.15. The molecule has 0 aliphatic heterocycles. The van der Waals surface area contributed by atoms with Gasteiger partial charge in [0.25, 0.3) is 0 Å². The molecule has 0 amide bonds. The number of pyridine rings is 1. The van der Waals surface area contributed by atoms with Crippen LogP contribution in [0.1, 0.15) is 41.5 Å². The lowest BCUT2D eigenvalue weighted by Gasteiger charge is -2.04. The fraction of sp³-hybridized carbons (Fsp3) is 0.385. The lowest BCUT2D eigenvalue weighted by molar-refractivity contribution is 0.111. The minimum absolute atomic E-state index is 0.135. The predicted molar refractivity (Wildman–Crippen MR) is 61.9 cm³/mol. The minimum Gasteiger partial charge on any atom is -0.297 e. The van der Waals surface area contributed by atoms with E-state index in [0.717, 1.165) is 41.7 Å². The normalized spacial score (nSPS) is 17.6. The van der Waals surface area contributed by atoms with Gasteiger partial charge < -0.3 is 0 Å². The molecule has 1 fully saturated rings. The Labute approximate surface area is 94.1 Å². The van der Waals surface area contributed by atoms with Crippen LogP contribution in [0.5, 0.6) is 0 Å². The smallest absolute Gasteiger partial charge is 0.168 e. The highest BCUT2D eigenvalue weighted by Crippen LogP contribution is 2.48. The summed E-state index contributed by atoms with van der Waals surface area (Å²) < 4.78 is 1.90. The van der Waals surface area contributed by atoms with E-state index in [1.165, 1.54) is 0 Å². The predicted octanol–water partition coefficient (Wildman–Crippen LogP) is 2.51. The number of aldehydes is 1. The number of carbonyl (C=O) groups excluding carboxylic acids is 1. The van der Waals surface area contributed by atoms with Crippen molar-refractivity contribution in [3.8, 4) is 0 Å². The molecule has 3 rings (SSSR count). The number of nitrogens with zero attached hydrogens (tertiary/aromatic N) is 2. The molecule has 0 bridgehead atoms. The summed E-state index contributed by atoms with van der Waals surface area (Å²) in [5, 5.41) is 0. The van der Waals surface area contributed by atoms with Crippen molar-refractivity contribution < 1.29 is 4.79 Å². The molecular formula is C13H14N2O. The lowest BCUT2D eigenvalue weighted by Crippen LogP contribution is -2.05. The van der Waals surface area contributed by atoms with E-state index in [9.17, 15) is 4.79 Å². The Kier molecular flexibility index (Phi) is 1.76. The first-order chi connectivity index (χ1) is 7.64. The Morgan fingerprint density at radius 3 is 2.81 bits per heavy atom. The van der Waals surface area contributed by atoms with Crippen LogP contribution in [0.3, 0.4) is 0 Å². The second-order valence-electron chi connectivity index (χ2n) is 4.96. The second-order valence-corrected chi connectivity index (χ2v) is 4.96. The maximum absolute atomic E-state index is 11.2. The number of hydrogen-bond donors (Lipinski definition) is 0. The van der Waals surface area contributed by atoms with Gasteiger partial charge in [-0.05, 0) is 31.4 Å². The average Bonchev–Trinajstić information content (AvgIpc) is 2.90. The average molecular weight is 214 g/mol. The highest BCUT2D eigenvalue weighted by atomic mass is 16.1. The quantitative estimate of drug-likeness (QED) is 0.720. The van der Waals surface area contributed by atoms with E-state index >= 15 is 0 Å². The van der Waals surface area contributed by atoms with E-state index in [0.29, 0.717) is 0 Å². The van der Waals surface area contributed by atoms with Crippen LogP contribution in [0, 0.1) is 6.92 Å². The molecule has 2 aromatic heterocycles. The topological polar surface area (TPSA) is 34.4 Å². The molecular weight excluding hydrogens is 200 g/mol. The second kappa shape index (κ2) is 2.94. The van der Waals surface area contributed by atoms with E-state index in [1.54, 1.807) is 0 Å². The molecule has 2 heterocycles. The largest absolute Gasteiger partial charge is 0.297 e. The first-order valence-electron chi connectivity index (χ1n) is 5.58. The Bertz CT molecular complexity index is 579. The monoisotopic (exact) mass is 214 g/mol. The molecule has 3 heteroatoms. The summed E-state index contributed by atoms with van der Waals surface area (Å²) in [6.45, 7) is 4.20. The molecule has 0 unspecified atom stereocenters. The number of rotatable bonds is 2. The third kappa shape index (κ3) is 1.21. The standard InChI is InChI=1S/C13H14N2O/c1-9-3-4-11-14-12(13(2)5-6-13)10(8-16)15(11)7-9/h3-4,7-8H,5-6H2,1-2H3. The first-order valence-corrected chi connectivity index (χ1v) is 5.58. The molecule has 82 valence electrons. The van der Waals surface area contributed by atoms with Gasteiger partial charge >= 0.3 is 0 Å². The van der Waals surface area contributed by atoms with Crippen molar-refractivity contribution >= 4 is 11.9 Å². The van der Waals surface area contributed by atoms with Gasteiger partial charge in [-0.1, -0.05) is 13.0 Å². The highest BCUT2D eigenvalue weighted by Gasteiger charge is 2.43. The zero-order chi connectivity index (χ0) is 11.3. The van der Waals surface area contributed by atoms with Gasteiger partial charge in [0.2, 0.25) is 0 Å². The van der Waals surface area contributed by atoms with Gasteiger partial charge in [0, 0.05) is 11.6 Å². The zero-order valence-electron chi connectivity index (χ0n) is 9.53. The minimum atomic E-state index is 0.135. The number of aryl methyl sites for hydroxylation is 1. The molecule has 0 aromatic carbocycles. The van der Waals surface area contributed by atoms with Gasteiger partial charge in [-0.25, -0.2) is 4.98 Å². The summed E-state index contributed by atoms with van der Waals surface area (Å²) >= 11 is 0. The van der Waals surface area contributed by atoms with Crippen LogP contribution in [0.15, 0.2) is 18.3 Å². The van der Waals surface area contributed by atoms with E-state index < -0.39 is 0 Å². The SMILES string of the molecule is Cc1ccc2nc(C3(C)CC3)c(C=O)n2c1. The Balaban J connectivity index is 2.33. The van der Waals surface area contributed by atoms with Gasteiger partial charge in [0.15, 0.2) is 6.29 Å². The molecule has 0 atom stereocenters. The van der Waals surface area contributed by atoms with Crippen molar-refractivity contribution in [2.24, 2.45) is 0 Å². The maximum atomic E-state index is 11.2. The van der Waals surface area contributed by atoms with Gasteiger partial charge in [-0.2, -0.15) is 0 Å². The molecule has 1 aliphatic rings. The van der Waals surface area contributed by atoms with Crippen LogP contribution in [0.25, 0.3) is 5.65 Å². The number of hydrogen-bond acceptors (Lipinski definition) is 2. The number of aromatic nitrogens is 2. The van der Waals surface area contributed by atoms with Crippen molar-refractivity contribution in [1.29, 1.82) is 0 Å². The molecule has 0 spiro atoms. The highest BCUT2D eigenvalue weighted by molar-refractivity contribution is 5.77. The Morgan fingerprint density at radius 1 is 1.44 bits per heavy atom. The van der Waals surface area contributed by atoms with Crippen molar-refractivity contribution in [1.82, 2.24) is 9.38 Å². The lowest BCUT2D eigenvalue weighted by atomic mass is 10.0. The van der Waals surface area contributed by atoms with Gasteiger partial charge in [0.05, 0.1) is 5.69 Å². The van der Waals surface area contributed by atoms with Crippen LogP contribution < -0.4 is 0 Å². The third-order valence-corrected chi connectivity index (χ3v) is 3.49. The molecule has 0 N–H and O–H groups in total. The summed E-state index contributed by atoms with van der Waals surface area (Å²) in [6.07, 6.45) is 5.17. The van der Waals surface area contributed by atoms with Crippen LogP contribution in [0.4, 0.5) is 0 Å². The molecule has 0 saturated heterocycles. The summed E-state index contributed by atoms with van der Waals surface area (Å²) in [7, 11) is 0. The number of fused-ring (bicyclic) bond motifs is 1. The van der Waals surface area contributed by atoms with Crippen molar-refractivity contribution in [3.05, 3.63) is 35.3 Å².